The van der Waals surface area contributed by atoms with E-state index < -0.39 is 11.6 Å². The number of hydrogen-bond acceptors (Lipinski definition) is 3. The molecule has 0 aliphatic heterocycles. The largest absolute Gasteiger partial charge is 0.385 e. The van der Waals surface area contributed by atoms with E-state index in [1.54, 1.807) is 7.11 Å². The molecule has 0 aromatic heterocycles. The zero-order valence-corrected chi connectivity index (χ0v) is 10.0. The van der Waals surface area contributed by atoms with Gasteiger partial charge in [0.2, 0.25) is 5.96 Å². The van der Waals surface area contributed by atoms with Crippen LogP contribution in [0.1, 0.15) is 6.42 Å². The Hall–Kier alpha value is -1.73. The first-order valence-corrected chi connectivity index (χ1v) is 5.39. The number of hydrazine groups is 1. The molecule has 0 amide bonds. The Morgan fingerprint density at radius 3 is 2.78 bits per heavy atom. The smallest absolute Gasteiger partial charge is 0.210 e. The summed E-state index contributed by atoms with van der Waals surface area (Å²) in [4.78, 5) is 4.10. The molecule has 4 N–H and O–H groups in total. The fraction of sp³-hybridized carbons (Fsp3) is 0.364. The average Bonchev–Trinajstić information content (AvgIpc) is 2.37. The zero-order valence-electron chi connectivity index (χ0n) is 10.0. The quantitative estimate of drug-likeness (QED) is 0.244. The predicted molar refractivity (Wildman–Crippen MR) is 66.1 cm³/mol. The van der Waals surface area contributed by atoms with E-state index in [-0.39, 0.29) is 5.96 Å². The molecule has 0 heterocycles. The van der Waals surface area contributed by atoms with Crippen LogP contribution in [0.3, 0.4) is 0 Å². The molecule has 1 aromatic rings. The van der Waals surface area contributed by atoms with E-state index in [1.165, 1.54) is 6.07 Å². The number of anilines is 1. The molecule has 1 aromatic carbocycles. The van der Waals surface area contributed by atoms with E-state index in [1.807, 2.05) is 0 Å². The van der Waals surface area contributed by atoms with Crippen molar-refractivity contribution in [1.82, 2.24) is 5.43 Å². The number of nitrogens with zero attached hydrogens (tertiary/aromatic N) is 1. The maximum Gasteiger partial charge on any atom is 0.210 e. The van der Waals surface area contributed by atoms with Crippen LogP contribution >= 0.6 is 0 Å². The molecule has 7 heteroatoms. The van der Waals surface area contributed by atoms with E-state index >= 15 is 0 Å². The molecule has 0 radical (unpaired) electrons. The van der Waals surface area contributed by atoms with Crippen molar-refractivity contribution >= 4 is 11.6 Å². The molecule has 0 bridgehead atoms. The minimum atomic E-state index is -0.934. The summed E-state index contributed by atoms with van der Waals surface area (Å²) in [6.45, 7) is 1.09. The molecule has 0 atom stereocenters. The summed E-state index contributed by atoms with van der Waals surface area (Å²) in [6.07, 6.45) is 0.737. The standard InChI is InChI=1S/C11H16F2N4O/c1-18-6-2-5-15-11(17-14)16-8-3-4-9(12)10(13)7-8/h3-4,7H,2,5-6,14H2,1H3,(H2,15,16,17). The van der Waals surface area contributed by atoms with Gasteiger partial charge >= 0.3 is 0 Å². The third-order valence-electron chi connectivity index (χ3n) is 2.10. The van der Waals surface area contributed by atoms with Gasteiger partial charge in [-0.25, -0.2) is 14.6 Å². The lowest BCUT2D eigenvalue weighted by atomic mass is 10.3. The van der Waals surface area contributed by atoms with E-state index in [0.717, 1.165) is 18.6 Å². The van der Waals surface area contributed by atoms with Crippen LogP contribution in [0.5, 0.6) is 0 Å². The second kappa shape index (κ2) is 7.57. The number of ether oxygens (including phenoxy) is 1. The maximum absolute atomic E-state index is 13.0. The third-order valence-corrected chi connectivity index (χ3v) is 2.10. The van der Waals surface area contributed by atoms with Gasteiger partial charge in [-0.3, -0.25) is 10.4 Å². The Bertz CT molecular complexity index is 412. The Morgan fingerprint density at radius 2 is 2.17 bits per heavy atom. The van der Waals surface area contributed by atoms with Gasteiger partial charge in [0.25, 0.3) is 0 Å². The van der Waals surface area contributed by atoms with Crippen molar-refractivity contribution in [2.24, 2.45) is 10.8 Å². The first-order chi connectivity index (χ1) is 8.67. The Morgan fingerprint density at radius 1 is 1.39 bits per heavy atom. The van der Waals surface area contributed by atoms with Gasteiger partial charge in [-0.05, 0) is 18.6 Å². The highest BCUT2D eigenvalue weighted by molar-refractivity contribution is 5.93. The third kappa shape index (κ3) is 4.64. The molecule has 100 valence electrons. The predicted octanol–water partition coefficient (Wildman–Crippen LogP) is 1.23. The SMILES string of the molecule is COCCCN=C(NN)Nc1ccc(F)c(F)c1. The van der Waals surface area contributed by atoms with Crippen LogP contribution in [-0.2, 0) is 4.74 Å². The number of rotatable bonds is 5. The molecule has 0 aliphatic carbocycles. The number of aliphatic imine (C=N–C) groups is 1. The monoisotopic (exact) mass is 258 g/mol. The van der Waals surface area contributed by atoms with Gasteiger partial charge in [0.05, 0.1) is 0 Å². The topological polar surface area (TPSA) is 71.7 Å². The van der Waals surface area contributed by atoms with Crippen molar-refractivity contribution in [2.75, 3.05) is 25.6 Å². The Kier molecular flexibility index (Phi) is 6.03. The average molecular weight is 258 g/mol. The zero-order chi connectivity index (χ0) is 13.4. The molecular weight excluding hydrogens is 242 g/mol. The van der Waals surface area contributed by atoms with Crippen LogP contribution in [0.25, 0.3) is 0 Å². The van der Waals surface area contributed by atoms with Crippen molar-refractivity contribution in [3.63, 3.8) is 0 Å². The normalized spacial score (nSPS) is 11.4. The van der Waals surface area contributed by atoms with Gasteiger partial charge in [0.15, 0.2) is 11.6 Å². The highest BCUT2D eigenvalue weighted by Gasteiger charge is 2.03. The maximum atomic E-state index is 13.0. The number of benzene rings is 1. The van der Waals surface area contributed by atoms with Gasteiger partial charge in [-0.15, -0.1) is 0 Å². The van der Waals surface area contributed by atoms with Crippen molar-refractivity contribution < 1.29 is 13.5 Å². The fourth-order valence-corrected chi connectivity index (χ4v) is 1.23. The van der Waals surface area contributed by atoms with Crippen LogP contribution in [0.2, 0.25) is 0 Å². The second-order valence-corrected chi connectivity index (χ2v) is 3.47. The Balaban J connectivity index is 2.58. The van der Waals surface area contributed by atoms with Crippen LogP contribution in [0.4, 0.5) is 14.5 Å². The lowest BCUT2D eigenvalue weighted by molar-refractivity contribution is 0.197. The summed E-state index contributed by atoms with van der Waals surface area (Å²) in [6, 6.07) is 3.44. The first-order valence-electron chi connectivity index (χ1n) is 5.39. The fourth-order valence-electron chi connectivity index (χ4n) is 1.23. The van der Waals surface area contributed by atoms with Crippen molar-refractivity contribution in [1.29, 1.82) is 0 Å². The molecule has 0 unspecified atom stereocenters. The highest BCUT2D eigenvalue weighted by Crippen LogP contribution is 2.12. The van der Waals surface area contributed by atoms with Gasteiger partial charge < -0.3 is 10.1 Å². The van der Waals surface area contributed by atoms with E-state index in [0.29, 0.717) is 18.8 Å². The molecule has 5 nitrogen and oxygen atoms in total. The van der Waals surface area contributed by atoms with Crippen molar-refractivity contribution in [2.45, 2.75) is 6.42 Å². The lowest BCUT2D eigenvalue weighted by Gasteiger charge is -2.09. The summed E-state index contributed by atoms with van der Waals surface area (Å²) < 4.78 is 30.6. The van der Waals surface area contributed by atoms with Gasteiger partial charge in [-0.1, -0.05) is 0 Å². The van der Waals surface area contributed by atoms with E-state index in [2.05, 4.69) is 15.7 Å². The number of hydrogen-bond donors (Lipinski definition) is 3. The van der Waals surface area contributed by atoms with Gasteiger partial charge in [0, 0.05) is 32.0 Å². The summed E-state index contributed by atoms with van der Waals surface area (Å²) >= 11 is 0. The molecule has 0 fully saturated rings. The summed E-state index contributed by atoms with van der Waals surface area (Å²) in [7, 11) is 1.60. The number of nitrogens with two attached hydrogens (primary N) is 1. The molecule has 0 saturated carbocycles. The number of halogens is 2. The molecule has 18 heavy (non-hydrogen) atoms. The number of methoxy groups -OCH3 is 1. The summed E-state index contributed by atoms with van der Waals surface area (Å²) in [5.74, 6) is 3.70. The van der Waals surface area contributed by atoms with Gasteiger partial charge in [0.1, 0.15) is 0 Å². The van der Waals surface area contributed by atoms with E-state index in [9.17, 15) is 8.78 Å². The van der Waals surface area contributed by atoms with Crippen LogP contribution < -0.4 is 16.6 Å². The number of guanidine groups is 1. The van der Waals surface area contributed by atoms with Crippen molar-refractivity contribution in [3.8, 4) is 0 Å². The molecule has 0 saturated heterocycles. The minimum absolute atomic E-state index is 0.275. The summed E-state index contributed by atoms with van der Waals surface area (Å²) in [5.41, 5.74) is 2.70. The second-order valence-electron chi connectivity index (χ2n) is 3.47. The van der Waals surface area contributed by atoms with Gasteiger partial charge in [-0.2, -0.15) is 0 Å². The highest BCUT2D eigenvalue weighted by atomic mass is 19.2. The Labute approximate surface area is 104 Å². The summed E-state index contributed by atoms with van der Waals surface area (Å²) in [5, 5.41) is 2.74. The molecule has 0 aliphatic rings. The lowest BCUT2D eigenvalue weighted by Crippen LogP contribution is -2.36. The van der Waals surface area contributed by atoms with Crippen molar-refractivity contribution in [3.05, 3.63) is 29.8 Å². The molecular formula is C11H16F2N4O. The number of nitrogens with one attached hydrogen (secondary N) is 2. The van der Waals surface area contributed by atoms with Crippen LogP contribution in [0, 0.1) is 11.6 Å². The molecule has 0 spiro atoms. The van der Waals surface area contributed by atoms with Crippen LogP contribution in [-0.4, -0.2) is 26.2 Å². The minimum Gasteiger partial charge on any atom is -0.385 e. The van der Waals surface area contributed by atoms with E-state index in [4.69, 9.17) is 10.6 Å². The van der Waals surface area contributed by atoms with Crippen LogP contribution in [0.15, 0.2) is 23.2 Å². The first kappa shape index (κ1) is 14.3. The molecule has 1 rings (SSSR count).